The summed E-state index contributed by atoms with van der Waals surface area (Å²) in [6.45, 7) is 0. The van der Waals surface area contributed by atoms with Crippen LogP contribution in [0.15, 0.2) is 36.5 Å². The van der Waals surface area contributed by atoms with Crippen molar-refractivity contribution in [1.82, 2.24) is 4.98 Å². The van der Waals surface area contributed by atoms with Gasteiger partial charge in [0, 0.05) is 28.2 Å². The minimum absolute atomic E-state index is 0.102. The summed E-state index contributed by atoms with van der Waals surface area (Å²) < 4.78 is 0. The molecule has 0 unspecified atom stereocenters. The molecule has 0 saturated heterocycles. The Morgan fingerprint density at radius 3 is 2.60 bits per heavy atom. The van der Waals surface area contributed by atoms with Crippen LogP contribution < -0.4 is 0 Å². The normalized spacial score (nSPS) is 14.7. The van der Waals surface area contributed by atoms with Crippen LogP contribution in [-0.4, -0.2) is 16.6 Å². The first-order valence-corrected chi connectivity index (χ1v) is 4.64. The number of aromatic amines is 1. The van der Waals surface area contributed by atoms with Crippen molar-refractivity contribution in [1.29, 1.82) is 0 Å². The average molecular weight is 197 g/mol. The van der Waals surface area contributed by atoms with Gasteiger partial charge in [0.15, 0.2) is 11.6 Å². The molecule has 0 atom stereocenters. The number of carbonyl (C=O) groups excluding carboxylic acids is 2. The van der Waals surface area contributed by atoms with Gasteiger partial charge in [0.25, 0.3) is 0 Å². The zero-order valence-corrected chi connectivity index (χ0v) is 7.78. The topological polar surface area (TPSA) is 49.9 Å². The molecule has 3 rings (SSSR count). The Kier molecular flexibility index (Phi) is 1.45. The number of nitrogens with one attached hydrogen (secondary N) is 1. The molecule has 0 aliphatic heterocycles. The highest BCUT2D eigenvalue weighted by Crippen LogP contribution is 2.25. The van der Waals surface area contributed by atoms with E-state index in [9.17, 15) is 9.59 Å². The van der Waals surface area contributed by atoms with E-state index in [1.165, 1.54) is 12.2 Å². The molecule has 0 amide bonds. The van der Waals surface area contributed by atoms with Crippen molar-refractivity contribution in [3.63, 3.8) is 0 Å². The van der Waals surface area contributed by atoms with Gasteiger partial charge in [-0.15, -0.1) is 0 Å². The maximum Gasteiger partial charge on any atom is 0.187 e. The van der Waals surface area contributed by atoms with E-state index >= 15 is 0 Å². The maximum atomic E-state index is 11.7. The minimum Gasteiger partial charge on any atom is -0.361 e. The number of fused-ring (bicyclic) bond motifs is 3. The fourth-order valence-electron chi connectivity index (χ4n) is 1.93. The summed E-state index contributed by atoms with van der Waals surface area (Å²) in [5, 5.41) is 0.815. The van der Waals surface area contributed by atoms with Gasteiger partial charge in [0.2, 0.25) is 0 Å². The van der Waals surface area contributed by atoms with E-state index in [-0.39, 0.29) is 11.6 Å². The van der Waals surface area contributed by atoms with Gasteiger partial charge in [0.05, 0.1) is 0 Å². The lowest BCUT2D eigenvalue weighted by molar-refractivity contribution is 0.0995. The quantitative estimate of drug-likeness (QED) is 0.703. The summed E-state index contributed by atoms with van der Waals surface area (Å²) in [6.07, 6.45) is 4.42. The Bertz CT molecular complexity index is 620. The number of hydrogen-bond donors (Lipinski definition) is 1. The van der Waals surface area contributed by atoms with Crippen LogP contribution in [0.1, 0.15) is 20.7 Å². The fourth-order valence-corrected chi connectivity index (χ4v) is 1.93. The molecular weight excluding hydrogens is 190 g/mol. The number of ketones is 2. The molecule has 3 heteroatoms. The first kappa shape index (κ1) is 8.17. The Morgan fingerprint density at radius 1 is 0.933 bits per heavy atom. The Balaban J connectivity index is 2.48. The molecule has 1 aliphatic carbocycles. The second-order valence-electron chi connectivity index (χ2n) is 3.49. The molecule has 1 aliphatic rings. The second kappa shape index (κ2) is 2.67. The number of aromatic nitrogens is 1. The third kappa shape index (κ3) is 1.00. The third-order valence-electron chi connectivity index (χ3n) is 2.63. The molecule has 0 radical (unpaired) electrons. The van der Waals surface area contributed by atoms with Crippen LogP contribution in [0.5, 0.6) is 0 Å². The van der Waals surface area contributed by atoms with Crippen LogP contribution >= 0.6 is 0 Å². The molecule has 2 aromatic rings. The van der Waals surface area contributed by atoms with Crippen molar-refractivity contribution in [2.75, 3.05) is 0 Å². The molecule has 0 spiro atoms. The molecule has 1 N–H and O–H groups in total. The zero-order chi connectivity index (χ0) is 10.4. The van der Waals surface area contributed by atoms with Gasteiger partial charge in [-0.25, -0.2) is 0 Å². The standard InChI is InChI=1S/C12H7NO2/c14-10-3-4-11(15)12-7-5-6-13-9(7)2-1-8(10)12/h1-6,13H. The first-order valence-electron chi connectivity index (χ1n) is 4.64. The van der Waals surface area contributed by atoms with Crippen molar-refractivity contribution in [3.8, 4) is 0 Å². The van der Waals surface area contributed by atoms with Crippen LogP contribution in [0.25, 0.3) is 10.9 Å². The van der Waals surface area contributed by atoms with E-state index in [0.717, 1.165) is 10.9 Å². The molecular formula is C12H7NO2. The second-order valence-corrected chi connectivity index (χ2v) is 3.49. The summed E-state index contributed by atoms with van der Waals surface area (Å²) in [4.78, 5) is 26.3. The highest BCUT2D eigenvalue weighted by molar-refractivity contribution is 6.26. The third-order valence-corrected chi connectivity index (χ3v) is 2.63. The molecule has 0 bridgehead atoms. The van der Waals surface area contributed by atoms with E-state index in [4.69, 9.17) is 0 Å². The van der Waals surface area contributed by atoms with Gasteiger partial charge in [-0.3, -0.25) is 9.59 Å². The summed E-state index contributed by atoms with van der Waals surface area (Å²) >= 11 is 0. The van der Waals surface area contributed by atoms with Gasteiger partial charge in [-0.05, 0) is 30.4 Å². The monoisotopic (exact) mass is 197 g/mol. The van der Waals surface area contributed by atoms with Crippen molar-refractivity contribution in [3.05, 3.63) is 47.7 Å². The lowest BCUT2D eigenvalue weighted by Gasteiger charge is -2.09. The summed E-state index contributed by atoms with van der Waals surface area (Å²) in [5.41, 5.74) is 1.89. The number of allylic oxidation sites excluding steroid dienone is 2. The highest BCUT2D eigenvalue weighted by atomic mass is 16.1. The average Bonchev–Trinajstić information content (AvgIpc) is 2.70. The molecule has 0 saturated carbocycles. The van der Waals surface area contributed by atoms with Crippen molar-refractivity contribution >= 4 is 22.5 Å². The van der Waals surface area contributed by atoms with E-state index in [1.54, 1.807) is 12.3 Å². The van der Waals surface area contributed by atoms with Crippen LogP contribution in [0.4, 0.5) is 0 Å². The predicted molar refractivity (Wildman–Crippen MR) is 56.1 cm³/mol. The molecule has 0 fully saturated rings. The molecule has 3 nitrogen and oxygen atoms in total. The Labute approximate surface area is 85.4 Å². The van der Waals surface area contributed by atoms with Crippen LogP contribution in [0.3, 0.4) is 0 Å². The maximum absolute atomic E-state index is 11.7. The van der Waals surface area contributed by atoms with E-state index in [1.807, 2.05) is 12.1 Å². The summed E-state index contributed by atoms with van der Waals surface area (Å²) in [5.74, 6) is -0.206. The first-order chi connectivity index (χ1) is 7.27. The lowest BCUT2D eigenvalue weighted by Crippen LogP contribution is -2.11. The summed E-state index contributed by atoms with van der Waals surface area (Å²) in [7, 11) is 0. The SMILES string of the molecule is O=C1C=CC(=O)c2c1ccc1[nH]ccc21. The van der Waals surface area contributed by atoms with E-state index in [0.29, 0.717) is 11.1 Å². The van der Waals surface area contributed by atoms with Gasteiger partial charge >= 0.3 is 0 Å². The van der Waals surface area contributed by atoms with Crippen LogP contribution in [0.2, 0.25) is 0 Å². The van der Waals surface area contributed by atoms with Gasteiger partial charge in [-0.2, -0.15) is 0 Å². The van der Waals surface area contributed by atoms with Gasteiger partial charge in [0.1, 0.15) is 0 Å². The molecule has 72 valence electrons. The molecule has 1 aromatic heterocycles. The fraction of sp³-hybridized carbons (Fsp3) is 0. The van der Waals surface area contributed by atoms with Crippen molar-refractivity contribution in [2.24, 2.45) is 0 Å². The number of benzene rings is 1. The number of rotatable bonds is 0. The Morgan fingerprint density at radius 2 is 1.73 bits per heavy atom. The zero-order valence-electron chi connectivity index (χ0n) is 7.78. The summed E-state index contributed by atoms with van der Waals surface area (Å²) in [6, 6.07) is 5.33. The van der Waals surface area contributed by atoms with Crippen molar-refractivity contribution < 1.29 is 9.59 Å². The van der Waals surface area contributed by atoms with Crippen molar-refractivity contribution in [2.45, 2.75) is 0 Å². The Hall–Kier alpha value is -2.16. The van der Waals surface area contributed by atoms with E-state index in [2.05, 4.69) is 4.98 Å². The van der Waals surface area contributed by atoms with Gasteiger partial charge in [-0.1, -0.05) is 0 Å². The number of carbonyl (C=O) groups is 2. The molecule has 1 heterocycles. The van der Waals surface area contributed by atoms with Gasteiger partial charge < -0.3 is 4.98 Å². The number of H-pyrrole nitrogens is 1. The largest absolute Gasteiger partial charge is 0.361 e. The number of hydrogen-bond acceptors (Lipinski definition) is 2. The van der Waals surface area contributed by atoms with Crippen LogP contribution in [-0.2, 0) is 0 Å². The highest BCUT2D eigenvalue weighted by Gasteiger charge is 2.21. The smallest absolute Gasteiger partial charge is 0.187 e. The van der Waals surface area contributed by atoms with Crippen LogP contribution in [0, 0.1) is 0 Å². The minimum atomic E-state index is -0.104. The molecule has 15 heavy (non-hydrogen) atoms. The predicted octanol–water partition coefficient (Wildman–Crippen LogP) is 2.10. The van der Waals surface area contributed by atoms with E-state index < -0.39 is 0 Å². The molecule has 1 aromatic carbocycles. The lowest BCUT2D eigenvalue weighted by atomic mass is 9.92.